The van der Waals surface area contributed by atoms with Crippen molar-refractivity contribution in [2.45, 2.75) is 40.2 Å². The van der Waals surface area contributed by atoms with Gasteiger partial charge >= 0.3 is 5.97 Å². The number of imidazole rings is 1. The third kappa shape index (κ3) is 3.29. The lowest BCUT2D eigenvalue weighted by Crippen LogP contribution is -2.35. The van der Waals surface area contributed by atoms with E-state index in [1.807, 2.05) is 36.4 Å². The van der Waals surface area contributed by atoms with Crippen molar-refractivity contribution in [3.05, 3.63) is 59.9 Å². The SMILES string of the molecule is CCCCOC(=O)c1ccc2c(c1)[n+](CC)c(C)n2-c1ccccc1. The number of hydrogen-bond acceptors (Lipinski definition) is 2. The number of carbonyl (C=O) groups excluding carboxylic acids is 1. The molecule has 4 heteroatoms. The lowest BCUT2D eigenvalue weighted by atomic mass is 10.2. The summed E-state index contributed by atoms with van der Waals surface area (Å²) in [5.74, 6) is 0.892. The first-order valence-electron chi connectivity index (χ1n) is 8.94. The molecular weight excluding hydrogens is 312 g/mol. The number of fused-ring (bicyclic) bond motifs is 1. The first-order valence-corrected chi connectivity index (χ1v) is 8.94. The second-order valence-electron chi connectivity index (χ2n) is 6.16. The van der Waals surface area contributed by atoms with E-state index in [1.165, 1.54) is 0 Å². The Morgan fingerprint density at radius 3 is 2.56 bits per heavy atom. The molecule has 0 aliphatic rings. The van der Waals surface area contributed by atoms with Gasteiger partial charge in [-0.15, -0.1) is 0 Å². The van der Waals surface area contributed by atoms with E-state index in [1.54, 1.807) is 0 Å². The molecule has 0 radical (unpaired) electrons. The summed E-state index contributed by atoms with van der Waals surface area (Å²) >= 11 is 0. The van der Waals surface area contributed by atoms with Gasteiger partial charge < -0.3 is 4.74 Å². The van der Waals surface area contributed by atoms with Crippen molar-refractivity contribution >= 4 is 17.0 Å². The summed E-state index contributed by atoms with van der Waals surface area (Å²) in [6.07, 6.45) is 1.91. The molecule has 0 N–H and O–H groups in total. The van der Waals surface area contributed by atoms with E-state index in [0.29, 0.717) is 12.2 Å². The van der Waals surface area contributed by atoms with Crippen molar-refractivity contribution in [2.75, 3.05) is 6.61 Å². The molecule has 1 heterocycles. The maximum Gasteiger partial charge on any atom is 0.338 e. The smallest absolute Gasteiger partial charge is 0.338 e. The summed E-state index contributed by atoms with van der Waals surface area (Å²) in [5.41, 5.74) is 3.87. The summed E-state index contributed by atoms with van der Waals surface area (Å²) in [5, 5.41) is 0. The minimum absolute atomic E-state index is 0.247. The predicted molar refractivity (Wildman–Crippen MR) is 99.1 cm³/mol. The van der Waals surface area contributed by atoms with Gasteiger partial charge in [0.25, 0.3) is 5.82 Å². The van der Waals surface area contributed by atoms with Crippen molar-refractivity contribution < 1.29 is 14.1 Å². The number of hydrogen-bond donors (Lipinski definition) is 0. The molecule has 0 saturated heterocycles. The Labute approximate surface area is 148 Å². The lowest BCUT2D eigenvalue weighted by molar-refractivity contribution is -0.674. The molecule has 0 amide bonds. The zero-order valence-electron chi connectivity index (χ0n) is 15.2. The van der Waals surface area contributed by atoms with Crippen LogP contribution in [0.25, 0.3) is 16.7 Å². The maximum absolute atomic E-state index is 12.3. The third-order valence-electron chi connectivity index (χ3n) is 4.52. The van der Waals surface area contributed by atoms with E-state index in [0.717, 1.165) is 41.9 Å². The zero-order chi connectivity index (χ0) is 17.8. The molecule has 0 saturated carbocycles. The average Bonchev–Trinajstić information content (AvgIpc) is 2.92. The van der Waals surface area contributed by atoms with Crippen LogP contribution in [-0.2, 0) is 11.3 Å². The predicted octanol–water partition coefficient (Wildman–Crippen LogP) is 4.20. The summed E-state index contributed by atoms with van der Waals surface area (Å²) in [4.78, 5) is 12.3. The van der Waals surface area contributed by atoms with Crippen molar-refractivity contribution in [2.24, 2.45) is 0 Å². The fraction of sp³-hybridized carbons (Fsp3) is 0.333. The van der Waals surface area contributed by atoms with Crippen LogP contribution in [-0.4, -0.2) is 17.1 Å². The second-order valence-corrected chi connectivity index (χ2v) is 6.16. The topological polar surface area (TPSA) is 35.1 Å². The molecule has 25 heavy (non-hydrogen) atoms. The number of ether oxygens (including phenoxy) is 1. The Morgan fingerprint density at radius 1 is 1.12 bits per heavy atom. The molecule has 0 bridgehead atoms. The van der Waals surface area contributed by atoms with Crippen LogP contribution < -0.4 is 4.57 Å². The van der Waals surface area contributed by atoms with Crippen molar-refractivity contribution in [3.8, 4) is 5.69 Å². The van der Waals surface area contributed by atoms with Gasteiger partial charge in [0.1, 0.15) is 5.69 Å². The number of para-hydroxylation sites is 1. The fourth-order valence-electron chi connectivity index (χ4n) is 3.22. The molecule has 0 atom stereocenters. The van der Waals surface area contributed by atoms with Crippen LogP contribution in [0, 0.1) is 6.92 Å². The van der Waals surface area contributed by atoms with Crippen molar-refractivity contribution in [1.29, 1.82) is 0 Å². The highest BCUT2D eigenvalue weighted by Crippen LogP contribution is 2.21. The first kappa shape index (κ1) is 17.2. The zero-order valence-corrected chi connectivity index (χ0v) is 15.2. The van der Waals surface area contributed by atoms with Crippen molar-refractivity contribution in [3.63, 3.8) is 0 Å². The highest BCUT2D eigenvalue weighted by molar-refractivity contribution is 5.93. The van der Waals surface area contributed by atoms with Crippen LogP contribution in [0.1, 0.15) is 42.9 Å². The standard InChI is InChI=1S/C21H25N2O2/c1-4-6-14-25-21(24)17-12-13-19-20(15-17)22(5-2)16(3)23(19)18-10-8-7-9-11-18/h7-13,15H,4-6,14H2,1-3H3/q+1. The van der Waals surface area contributed by atoms with Crippen LogP contribution in [0.15, 0.2) is 48.5 Å². The van der Waals surface area contributed by atoms with Crippen LogP contribution in [0.4, 0.5) is 0 Å². The highest BCUT2D eigenvalue weighted by atomic mass is 16.5. The highest BCUT2D eigenvalue weighted by Gasteiger charge is 2.23. The van der Waals surface area contributed by atoms with Gasteiger partial charge in [-0.2, -0.15) is 4.57 Å². The normalized spacial score (nSPS) is 11.0. The summed E-state index contributed by atoms with van der Waals surface area (Å²) in [6.45, 7) is 7.63. The molecule has 3 rings (SSSR count). The average molecular weight is 337 g/mol. The van der Waals surface area contributed by atoms with Gasteiger partial charge in [0, 0.05) is 13.0 Å². The third-order valence-corrected chi connectivity index (χ3v) is 4.52. The van der Waals surface area contributed by atoms with Crippen LogP contribution in [0.5, 0.6) is 0 Å². The molecule has 0 unspecified atom stereocenters. The van der Waals surface area contributed by atoms with Gasteiger partial charge in [0.15, 0.2) is 11.0 Å². The van der Waals surface area contributed by atoms with Gasteiger partial charge in [0.2, 0.25) is 0 Å². The van der Waals surface area contributed by atoms with Crippen LogP contribution in [0.2, 0.25) is 0 Å². The molecule has 3 aromatic rings. The van der Waals surface area contributed by atoms with E-state index >= 15 is 0 Å². The Kier molecular flexibility index (Phi) is 5.17. The summed E-state index contributed by atoms with van der Waals surface area (Å²) in [6, 6.07) is 16.1. The molecular formula is C21H25N2O2+. The van der Waals surface area contributed by atoms with E-state index in [9.17, 15) is 4.79 Å². The quantitative estimate of drug-likeness (QED) is 0.384. The molecule has 130 valence electrons. The monoisotopic (exact) mass is 337 g/mol. The second kappa shape index (κ2) is 7.51. The van der Waals surface area contributed by atoms with Crippen molar-refractivity contribution in [1.82, 2.24) is 4.57 Å². The first-order chi connectivity index (χ1) is 12.2. The molecule has 0 fully saturated rings. The number of benzene rings is 2. The summed E-state index contributed by atoms with van der Waals surface area (Å²) < 4.78 is 9.81. The number of aromatic nitrogens is 2. The Hall–Kier alpha value is -2.62. The van der Waals surface area contributed by atoms with Crippen LogP contribution >= 0.6 is 0 Å². The minimum atomic E-state index is -0.247. The molecule has 0 aliphatic carbocycles. The Balaban J connectivity index is 2.07. The number of aryl methyl sites for hydroxylation is 1. The molecule has 4 nitrogen and oxygen atoms in total. The molecule has 1 aromatic heterocycles. The van der Waals surface area contributed by atoms with Gasteiger partial charge in [0.05, 0.1) is 18.7 Å². The summed E-state index contributed by atoms with van der Waals surface area (Å²) in [7, 11) is 0. The largest absolute Gasteiger partial charge is 0.462 e. The van der Waals surface area contributed by atoms with E-state index < -0.39 is 0 Å². The van der Waals surface area contributed by atoms with E-state index in [2.05, 4.69) is 42.0 Å². The number of esters is 1. The van der Waals surface area contributed by atoms with Gasteiger partial charge in [-0.05, 0) is 37.6 Å². The molecule has 2 aromatic carbocycles. The van der Waals surface area contributed by atoms with E-state index in [4.69, 9.17) is 4.74 Å². The number of unbranched alkanes of at least 4 members (excludes halogenated alkanes) is 1. The minimum Gasteiger partial charge on any atom is -0.462 e. The Bertz CT molecular complexity index is 882. The molecule has 0 spiro atoms. The number of nitrogens with zero attached hydrogens (tertiary/aromatic N) is 2. The van der Waals surface area contributed by atoms with Gasteiger partial charge in [-0.25, -0.2) is 9.36 Å². The van der Waals surface area contributed by atoms with E-state index in [-0.39, 0.29) is 5.97 Å². The lowest BCUT2D eigenvalue weighted by Gasteiger charge is -2.03. The Morgan fingerprint density at radius 2 is 1.88 bits per heavy atom. The van der Waals surface area contributed by atoms with Gasteiger partial charge in [-0.3, -0.25) is 0 Å². The fourth-order valence-corrected chi connectivity index (χ4v) is 3.22. The number of carbonyl (C=O) groups is 1. The maximum atomic E-state index is 12.3. The van der Waals surface area contributed by atoms with Gasteiger partial charge in [-0.1, -0.05) is 31.5 Å². The molecule has 0 aliphatic heterocycles. The number of rotatable bonds is 6. The van der Waals surface area contributed by atoms with Crippen LogP contribution in [0.3, 0.4) is 0 Å².